The van der Waals surface area contributed by atoms with Crippen LogP contribution in [0.15, 0.2) is 18.2 Å². The molecule has 21 heavy (non-hydrogen) atoms. The molecule has 1 rings (SSSR count). The van der Waals surface area contributed by atoms with Gasteiger partial charge >= 0.3 is 5.97 Å². The maximum absolute atomic E-state index is 11.6. The number of ether oxygens (including phenoxy) is 4. The van der Waals surface area contributed by atoms with Crippen LogP contribution in [-0.4, -0.2) is 33.9 Å². The smallest absolute Gasteiger partial charge is 0.330 e. The van der Waals surface area contributed by atoms with Gasteiger partial charge in [0, 0.05) is 11.6 Å². The molecule has 0 aliphatic heterocycles. The maximum Gasteiger partial charge on any atom is 0.330 e. The second-order valence-corrected chi connectivity index (χ2v) is 4.78. The van der Waals surface area contributed by atoms with E-state index < -0.39 is 0 Å². The molecule has 1 aromatic carbocycles. The number of esters is 1. The zero-order chi connectivity index (χ0) is 15.8. The van der Waals surface area contributed by atoms with E-state index in [0.717, 1.165) is 0 Å². The van der Waals surface area contributed by atoms with Crippen LogP contribution in [0.4, 0.5) is 0 Å². The Morgan fingerprint density at radius 3 is 2.29 bits per heavy atom. The summed E-state index contributed by atoms with van der Waals surface area (Å²) in [6.07, 6.45) is 3.00. The summed E-state index contributed by atoms with van der Waals surface area (Å²) in [6, 6.07) is 3.53. The van der Waals surface area contributed by atoms with Gasteiger partial charge in [-0.05, 0) is 24.1 Å². The first-order valence-electron chi connectivity index (χ1n) is 6.67. The molecule has 0 fully saturated rings. The lowest BCUT2D eigenvalue weighted by atomic mass is 10.1. The zero-order valence-corrected chi connectivity index (χ0v) is 13.1. The average Bonchev–Trinajstić information content (AvgIpc) is 2.49. The molecule has 5 heteroatoms. The minimum absolute atomic E-state index is 0.304. The van der Waals surface area contributed by atoms with Crippen LogP contribution in [0, 0.1) is 5.92 Å². The van der Waals surface area contributed by atoms with Gasteiger partial charge < -0.3 is 18.9 Å². The number of methoxy groups -OCH3 is 3. The lowest BCUT2D eigenvalue weighted by Gasteiger charge is -2.13. The fraction of sp³-hybridized carbons (Fsp3) is 0.438. The van der Waals surface area contributed by atoms with Crippen LogP contribution >= 0.6 is 0 Å². The van der Waals surface area contributed by atoms with Gasteiger partial charge in [-0.25, -0.2) is 4.79 Å². The van der Waals surface area contributed by atoms with E-state index in [4.69, 9.17) is 18.9 Å². The first kappa shape index (κ1) is 16.9. The minimum Gasteiger partial charge on any atom is -0.493 e. The van der Waals surface area contributed by atoms with Gasteiger partial charge in [-0.15, -0.1) is 0 Å². The third-order valence-corrected chi connectivity index (χ3v) is 2.69. The SMILES string of the molecule is COc1ccc(C=CC(=O)OCC(C)C)c(OC)c1OC. The molecule has 0 bridgehead atoms. The van der Waals surface area contributed by atoms with E-state index in [1.165, 1.54) is 20.3 Å². The summed E-state index contributed by atoms with van der Waals surface area (Å²) in [7, 11) is 4.62. The van der Waals surface area contributed by atoms with Gasteiger partial charge in [0.1, 0.15) is 0 Å². The fourth-order valence-electron chi connectivity index (χ4n) is 1.71. The average molecular weight is 294 g/mol. The van der Waals surface area contributed by atoms with Crippen molar-refractivity contribution >= 4 is 12.0 Å². The van der Waals surface area contributed by atoms with Crippen LogP contribution in [0.1, 0.15) is 19.4 Å². The molecule has 0 aromatic heterocycles. The molecule has 0 spiro atoms. The molecule has 0 saturated heterocycles. The summed E-state index contributed by atoms with van der Waals surface area (Å²) in [6.45, 7) is 4.36. The standard InChI is InChI=1S/C16H22O5/c1-11(2)10-21-14(17)9-7-12-6-8-13(18-3)16(20-5)15(12)19-4/h6-9,11H,10H2,1-5H3. The second kappa shape index (κ2) is 8.19. The van der Waals surface area contributed by atoms with Crippen molar-refractivity contribution in [3.63, 3.8) is 0 Å². The van der Waals surface area contributed by atoms with Crippen molar-refractivity contribution in [2.24, 2.45) is 5.92 Å². The van der Waals surface area contributed by atoms with Gasteiger partial charge in [0.05, 0.1) is 27.9 Å². The zero-order valence-electron chi connectivity index (χ0n) is 13.1. The van der Waals surface area contributed by atoms with Crippen LogP contribution in [0.5, 0.6) is 17.2 Å². The lowest BCUT2D eigenvalue weighted by molar-refractivity contribution is -0.138. The van der Waals surface area contributed by atoms with Gasteiger partial charge in [-0.3, -0.25) is 0 Å². The van der Waals surface area contributed by atoms with Crippen molar-refractivity contribution in [3.8, 4) is 17.2 Å². The lowest BCUT2D eigenvalue weighted by Crippen LogP contribution is -2.07. The van der Waals surface area contributed by atoms with Crippen LogP contribution in [0.25, 0.3) is 6.08 Å². The van der Waals surface area contributed by atoms with Gasteiger partial charge in [0.2, 0.25) is 5.75 Å². The molecule has 116 valence electrons. The summed E-state index contributed by atoms with van der Waals surface area (Å²) < 4.78 is 20.9. The van der Waals surface area contributed by atoms with Crippen molar-refractivity contribution in [3.05, 3.63) is 23.8 Å². The van der Waals surface area contributed by atoms with Crippen molar-refractivity contribution < 1.29 is 23.7 Å². The molecule has 0 aliphatic carbocycles. The van der Waals surface area contributed by atoms with E-state index >= 15 is 0 Å². The Kier molecular flexibility index (Phi) is 6.59. The summed E-state index contributed by atoms with van der Waals surface area (Å²) in [4.78, 5) is 11.6. The largest absolute Gasteiger partial charge is 0.493 e. The van der Waals surface area contributed by atoms with E-state index in [1.807, 2.05) is 13.8 Å². The van der Waals surface area contributed by atoms with E-state index in [2.05, 4.69) is 0 Å². The predicted molar refractivity (Wildman–Crippen MR) is 80.9 cm³/mol. The number of benzene rings is 1. The Balaban J connectivity index is 2.95. The highest BCUT2D eigenvalue weighted by atomic mass is 16.5. The molecule has 0 unspecified atom stereocenters. The summed E-state index contributed by atoms with van der Waals surface area (Å²) in [5, 5.41) is 0. The fourth-order valence-corrected chi connectivity index (χ4v) is 1.71. The number of hydrogen-bond donors (Lipinski definition) is 0. The molecule has 0 atom stereocenters. The van der Waals surface area contributed by atoms with Crippen molar-refractivity contribution in [2.75, 3.05) is 27.9 Å². The number of rotatable bonds is 7. The van der Waals surface area contributed by atoms with E-state index in [1.54, 1.807) is 25.3 Å². The maximum atomic E-state index is 11.6. The number of carbonyl (C=O) groups excluding carboxylic acids is 1. The van der Waals surface area contributed by atoms with E-state index in [9.17, 15) is 4.79 Å². The number of carbonyl (C=O) groups is 1. The second-order valence-electron chi connectivity index (χ2n) is 4.78. The van der Waals surface area contributed by atoms with Gasteiger partial charge in [-0.1, -0.05) is 13.8 Å². The minimum atomic E-state index is -0.388. The van der Waals surface area contributed by atoms with Crippen molar-refractivity contribution in [1.29, 1.82) is 0 Å². The molecule has 0 N–H and O–H groups in total. The predicted octanol–water partition coefficient (Wildman–Crippen LogP) is 2.92. The summed E-state index contributed by atoms with van der Waals surface area (Å²) in [5.74, 6) is 1.47. The molecule has 0 heterocycles. The van der Waals surface area contributed by atoms with Crippen LogP contribution in [0.3, 0.4) is 0 Å². The molecular formula is C16H22O5. The molecule has 0 aliphatic rings. The highest BCUT2D eigenvalue weighted by Gasteiger charge is 2.14. The quantitative estimate of drug-likeness (QED) is 0.571. The monoisotopic (exact) mass is 294 g/mol. The molecule has 5 nitrogen and oxygen atoms in total. The van der Waals surface area contributed by atoms with Crippen LogP contribution in [-0.2, 0) is 9.53 Å². The Morgan fingerprint density at radius 2 is 1.76 bits per heavy atom. The molecule has 1 aromatic rings. The van der Waals surface area contributed by atoms with E-state index in [0.29, 0.717) is 35.3 Å². The Hall–Kier alpha value is -2.17. The highest BCUT2D eigenvalue weighted by Crippen LogP contribution is 2.40. The normalized spacial score (nSPS) is 10.8. The van der Waals surface area contributed by atoms with E-state index in [-0.39, 0.29) is 5.97 Å². The third-order valence-electron chi connectivity index (χ3n) is 2.69. The molecular weight excluding hydrogens is 272 g/mol. The van der Waals surface area contributed by atoms with Crippen molar-refractivity contribution in [2.45, 2.75) is 13.8 Å². The van der Waals surface area contributed by atoms with Crippen LogP contribution in [0.2, 0.25) is 0 Å². The third kappa shape index (κ3) is 4.70. The number of hydrogen-bond acceptors (Lipinski definition) is 5. The molecule has 0 radical (unpaired) electrons. The first-order valence-corrected chi connectivity index (χ1v) is 6.67. The Bertz CT molecular complexity index is 506. The topological polar surface area (TPSA) is 54.0 Å². The molecule has 0 amide bonds. The summed E-state index contributed by atoms with van der Waals surface area (Å²) in [5.41, 5.74) is 0.705. The highest BCUT2D eigenvalue weighted by molar-refractivity contribution is 5.88. The Morgan fingerprint density at radius 1 is 1.10 bits per heavy atom. The van der Waals surface area contributed by atoms with Gasteiger partial charge in [0.15, 0.2) is 11.5 Å². The Labute approximate surface area is 125 Å². The van der Waals surface area contributed by atoms with Gasteiger partial charge in [-0.2, -0.15) is 0 Å². The van der Waals surface area contributed by atoms with Crippen molar-refractivity contribution in [1.82, 2.24) is 0 Å². The molecule has 0 saturated carbocycles. The summed E-state index contributed by atoms with van der Waals surface area (Å²) >= 11 is 0. The first-order chi connectivity index (χ1) is 10.0. The van der Waals surface area contributed by atoms with Crippen LogP contribution < -0.4 is 14.2 Å². The van der Waals surface area contributed by atoms with Gasteiger partial charge in [0.25, 0.3) is 0 Å².